The number of methoxy groups -OCH3 is 1. The second-order valence-corrected chi connectivity index (χ2v) is 10.0. The molecule has 1 amide bonds. The third-order valence-electron chi connectivity index (χ3n) is 6.30. The number of hydrogen-bond acceptors (Lipinski definition) is 9. The van der Waals surface area contributed by atoms with Crippen LogP contribution < -0.4 is 14.4 Å². The minimum atomic E-state index is -1.01. The molecule has 1 saturated heterocycles. The lowest BCUT2D eigenvalue weighted by molar-refractivity contribution is -0.132. The van der Waals surface area contributed by atoms with E-state index in [4.69, 9.17) is 14.2 Å². The van der Waals surface area contributed by atoms with Gasteiger partial charge >= 0.3 is 11.9 Å². The molecule has 10 heteroatoms. The van der Waals surface area contributed by atoms with Gasteiger partial charge in [0.15, 0.2) is 5.13 Å². The number of esters is 1. The molecule has 1 fully saturated rings. The van der Waals surface area contributed by atoms with Gasteiger partial charge in [-0.25, -0.2) is 9.78 Å². The summed E-state index contributed by atoms with van der Waals surface area (Å²) in [6.07, 6.45) is 2.29. The molecular formula is C30H30N2O7S. The molecule has 1 aliphatic rings. The lowest BCUT2D eigenvalue weighted by atomic mass is 9.95. The van der Waals surface area contributed by atoms with Crippen molar-refractivity contribution in [3.05, 3.63) is 88.0 Å². The summed E-state index contributed by atoms with van der Waals surface area (Å²) in [5.41, 5.74) is 1.93. The van der Waals surface area contributed by atoms with E-state index in [1.165, 1.54) is 18.1 Å². The minimum Gasteiger partial charge on any atom is -0.507 e. The van der Waals surface area contributed by atoms with Gasteiger partial charge in [-0.3, -0.25) is 14.5 Å². The van der Waals surface area contributed by atoms with Crippen molar-refractivity contribution in [3.63, 3.8) is 0 Å². The molecule has 0 radical (unpaired) electrons. The number of nitrogens with zero attached hydrogens (tertiary/aromatic N) is 2. The molecule has 0 saturated carbocycles. The SMILES string of the molecule is C=CCOC(=O)c1sc(N2C(=O)C(=O)C(=C(O)c3ccc(OCCC)c(C)c3)C2c2ccc(OC)cc2)nc1C. The van der Waals surface area contributed by atoms with Crippen LogP contribution in [0.5, 0.6) is 11.5 Å². The van der Waals surface area contributed by atoms with Crippen molar-refractivity contribution in [2.45, 2.75) is 33.2 Å². The van der Waals surface area contributed by atoms with Gasteiger partial charge in [-0.15, -0.1) is 0 Å². The molecule has 208 valence electrons. The maximum absolute atomic E-state index is 13.5. The zero-order valence-corrected chi connectivity index (χ0v) is 23.5. The molecule has 0 spiro atoms. The zero-order valence-electron chi connectivity index (χ0n) is 22.7. The van der Waals surface area contributed by atoms with Crippen LogP contribution in [0.3, 0.4) is 0 Å². The van der Waals surface area contributed by atoms with Crippen LogP contribution in [-0.4, -0.2) is 48.1 Å². The van der Waals surface area contributed by atoms with Gasteiger partial charge in [0.25, 0.3) is 5.78 Å². The summed E-state index contributed by atoms with van der Waals surface area (Å²) in [5.74, 6) is -1.44. The molecule has 2 aromatic carbocycles. The summed E-state index contributed by atoms with van der Waals surface area (Å²) in [5, 5.41) is 11.6. The van der Waals surface area contributed by atoms with E-state index in [9.17, 15) is 19.5 Å². The molecular weight excluding hydrogens is 532 g/mol. The Morgan fingerprint density at radius 2 is 1.90 bits per heavy atom. The van der Waals surface area contributed by atoms with Crippen LogP contribution in [0.1, 0.15) is 51.4 Å². The number of aryl methyl sites for hydroxylation is 2. The first-order chi connectivity index (χ1) is 19.2. The highest BCUT2D eigenvalue weighted by atomic mass is 32.1. The smallest absolute Gasteiger partial charge is 0.350 e. The number of aliphatic hydroxyl groups excluding tert-OH is 1. The third-order valence-corrected chi connectivity index (χ3v) is 7.43. The molecule has 3 aromatic rings. The quantitative estimate of drug-likeness (QED) is 0.113. The molecule has 1 N–H and O–H groups in total. The average Bonchev–Trinajstić information content (AvgIpc) is 3.46. The first-order valence-electron chi connectivity index (χ1n) is 12.7. The van der Waals surface area contributed by atoms with E-state index in [1.807, 2.05) is 13.8 Å². The van der Waals surface area contributed by atoms with Gasteiger partial charge in [-0.05, 0) is 61.7 Å². The second-order valence-electron chi connectivity index (χ2n) is 9.07. The Labute approximate surface area is 236 Å². The number of carbonyl (C=O) groups is 3. The minimum absolute atomic E-state index is 0.0174. The van der Waals surface area contributed by atoms with E-state index < -0.39 is 23.7 Å². The van der Waals surface area contributed by atoms with E-state index in [2.05, 4.69) is 11.6 Å². The van der Waals surface area contributed by atoms with Crippen molar-refractivity contribution in [3.8, 4) is 11.5 Å². The number of thiazole rings is 1. The first-order valence-corrected chi connectivity index (χ1v) is 13.5. The molecule has 9 nitrogen and oxygen atoms in total. The summed E-state index contributed by atoms with van der Waals surface area (Å²) in [4.78, 5) is 45.4. The Balaban J connectivity index is 1.85. The highest BCUT2D eigenvalue weighted by molar-refractivity contribution is 7.17. The summed E-state index contributed by atoms with van der Waals surface area (Å²) in [6, 6.07) is 10.9. The van der Waals surface area contributed by atoms with Gasteiger partial charge in [-0.1, -0.05) is 43.0 Å². The van der Waals surface area contributed by atoms with E-state index in [-0.39, 0.29) is 27.9 Å². The number of aliphatic hydroxyl groups is 1. The predicted molar refractivity (Wildman–Crippen MR) is 152 cm³/mol. The predicted octanol–water partition coefficient (Wildman–Crippen LogP) is 5.53. The molecule has 0 bridgehead atoms. The number of ether oxygens (including phenoxy) is 3. The fourth-order valence-corrected chi connectivity index (χ4v) is 5.32. The second kappa shape index (κ2) is 12.2. The van der Waals surface area contributed by atoms with Crippen LogP contribution in [-0.2, 0) is 14.3 Å². The number of Topliss-reactive ketones (excluding diaryl/α,β-unsaturated/α-hetero) is 1. The van der Waals surface area contributed by atoms with Crippen molar-refractivity contribution in [1.29, 1.82) is 0 Å². The number of carbonyl (C=O) groups excluding carboxylic acids is 3. The van der Waals surface area contributed by atoms with Crippen molar-refractivity contribution in [2.75, 3.05) is 25.2 Å². The number of anilines is 1. The summed E-state index contributed by atoms with van der Waals surface area (Å²) in [7, 11) is 1.53. The fourth-order valence-electron chi connectivity index (χ4n) is 4.33. The number of amides is 1. The van der Waals surface area contributed by atoms with Gasteiger partial charge in [-0.2, -0.15) is 0 Å². The summed E-state index contributed by atoms with van der Waals surface area (Å²) in [6.45, 7) is 9.57. The Morgan fingerprint density at radius 1 is 1.18 bits per heavy atom. The van der Waals surface area contributed by atoms with E-state index in [0.717, 1.165) is 23.3 Å². The molecule has 1 unspecified atom stereocenters. The van der Waals surface area contributed by atoms with Crippen LogP contribution in [0.25, 0.3) is 5.76 Å². The fraction of sp³-hybridized carbons (Fsp3) is 0.267. The molecule has 0 aliphatic carbocycles. The van der Waals surface area contributed by atoms with Crippen LogP contribution >= 0.6 is 11.3 Å². The average molecular weight is 563 g/mol. The molecule has 1 aliphatic heterocycles. The Kier molecular flexibility index (Phi) is 8.69. The first kappa shape index (κ1) is 28.6. The number of hydrogen-bond donors (Lipinski definition) is 1. The molecule has 1 atom stereocenters. The van der Waals surface area contributed by atoms with E-state index in [0.29, 0.717) is 34.9 Å². The standard InChI is InChI=1S/C30H30N2O7S/c1-6-14-38-22-13-10-20(16-17(22)3)25(33)23-24(19-8-11-21(37-5)12-9-19)32(28(35)26(23)34)30-31-18(4)27(40-30)29(36)39-15-7-2/h7-13,16,24,33H,2,6,14-15H2,1,3-5H3. The number of rotatable bonds is 10. The van der Waals surface area contributed by atoms with Gasteiger partial charge in [0.2, 0.25) is 0 Å². The lowest BCUT2D eigenvalue weighted by Crippen LogP contribution is -2.29. The van der Waals surface area contributed by atoms with E-state index >= 15 is 0 Å². The van der Waals surface area contributed by atoms with Crippen LogP contribution in [0.4, 0.5) is 5.13 Å². The van der Waals surface area contributed by atoms with Crippen LogP contribution in [0.15, 0.2) is 60.7 Å². The van der Waals surface area contributed by atoms with Gasteiger partial charge in [0.05, 0.1) is 31.0 Å². The molecule has 1 aromatic heterocycles. The van der Waals surface area contributed by atoms with E-state index in [1.54, 1.807) is 49.4 Å². The highest BCUT2D eigenvalue weighted by Crippen LogP contribution is 2.44. The zero-order chi connectivity index (χ0) is 29.0. The van der Waals surface area contributed by atoms with Crippen molar-refractivity contribution in [1.82, 2.24) is 4.98 Å². The topological polar surface area (TPSA) is 115 Å². The van der Waals surface area contributed by atoms with Crippen LogP contribution in [0, 0.1) is 13.8 Å². The molecule has 4 rings (SSSR count). The maximum atomic E-state index is 13.5. The van der Waals surface area contributed by atoms with Gasteiger partial charge < -0.3 is 19.3 Å². The highest BCUT2D eigenvalue weighted by Gasteiger charge is 2.48. The molecule has 2 heterocycles. The lowest BCUT2D eigenvalue weighted by Gasteiger charge is -2.23. The summed E-state index contributed by atoms with van der Waals surface area (Å²) >= 11 is 0.936. The number of benzene rings is 2. The molecule has 40 heavy (non-hydrogen) atoms. The Morgan fingerprint density at radius 3 is 2.52 bits per heavy atom. The number of ketones is 1. The number of aromatic nitrogens is 1. The maximum Gasteiger partial charge on any atom is 0.350 e. The normalized spacial score (nSPS) is 16.2. The van der Waals surface area contributed by atoms with Gasteiger partial charge in [0.1, 0.15) is 28.7 Å². The van der Waals surface area contributed by atoms with Crippen molar-refractivity contribution in [2.24, 2.45) is 0 Å². The largest absolute Gasteiger partial charge is 0.507 e. The van der Waals surface area contributed by atoms with Crippen molar-refractivity contribution >= 4 is 39.9 Å². The summed E-state index contributed by atoms with van der Waals surface area (Å²) < 4.78 is 16.2. The monoisotopic (exact) mass is 562 g/mol. The van der Waals surface area contributed by atoms with Gasteiger partial charge in [0, 0.05) is 5.56 Å². The third kappa shape index (κ3) is 5.48. The Bertz CT molecular complexity index is 1490. The Hall–Kier alpha value is -4.44. The van der Waals surface area contributed by atoms with Crippen molar-refractivity contribution < 1.29 is 33.7 Å². The van der Waals surface area contributed by atoms with Crippen LogP contribution in [0.2, 0.25) is 0 Å².